The smallest absolute Gasteiger partial charge is 0.410 e. The highest BCUT2D eigenvalue weighted by molar-refractivity contribution is 5.69. The van der Waals surface area contributed by atoms with Gasteiger partial charge in [0.2, 0.25) is 0 Å². The monoisotopic (exact) mass is 340 g/mol. The largest absolute Gasteiger partial charge is 0.444 e. The zero-order valence-corrected chi connectivity index (χ0v) is 16.3. The Balaban J connectivity index is 1.90. The van der Waals surface area contributed by atoms with Crippen LogP contribution in [0.5, 0.6) is 0 Å². The minimum absolute atomic E-state index is 0.167. The van der Waals surface area contributed by atoms with Crippen LogP contribution in [0.3, 0.4) is 0 Å². The maximum absolute atomic E-state index is 12.5. The fraction of sp³-hybridized carbons (Fsp3) is 0.947. The molecule has 1 amide bonds. The van der Waals surface area contributed by atoms with Crippen LogP contribution >= 0.6 is 0 Å². The number of hydrogen-bond acceptors (Lipinski definition) is 4. The van der Waals surface area contributed by atoms with E-state index in [1.54, 1.807) is 0 Å². The molecule has 4 unspecified atom stereocenters. The number of nitrogens with zero attached hydrogens (tertiary/aromatic N) is 1. The molecule has 4 atom stereocenters. The molecule has 0 aromatic heterocycles. The first-order valence-corrected chi connectivity index (χ1v) is 9.50. The molecule has 0 aromatic rings. The van der Waals surface area contributed by atoms with Crippen molar-refractivity contribution >= 4 is 6.09 Å². The second-order valence-corrected chi connectivity index (χ2v) is 8.99. The van der Waals surface area contributed by atoms with Gasteiger partial charge in [0.05, 0.1) is 5.60 Å². The van der Waals surface area contributed by atoms with Gasteiger partial charge in [-0.1, -0.05) is 20.3 Å². The van der Waals surface area contributed by atoms with E-state index in [9.17, 15) is 9.90 Å². The van der Waals surface area contributed by atoms with E-state index in [0.29, 0.717) is 12.6 Å². The summed E-state index contributed by atoms with van der Waals surface area (Å²) in [6.45, 7) is 12.5. The first-order chi connectivity index (χ1) is 11.0. The van der Waals surface area contributed by atoms with Gasteiger partial charge in [-0.05, 0) is 59.3 Å². The lowest BCUT2D eigenvalue weighted by Gasteiger charge is -2.41. The number of hydrogen-bond donors (Lipinski definition) is 2. The molecular formula is C19H36N2O3. The van der Waals surface area contributed by atoms with E-state index in [0.717, 1.165) is 32.1 Å². The summed E-state index contributed by atoms with van der Waals surface area (Å²) in [6.07, 6.45) is 4.82. The Bertz CT molecular complexity index is 430. The number of aliphatic hydroxyl groups is 1. The van der Waals surface area contributed by atoms with Crippen molar-refractivity contribution in [3.05, 3.63) is 0 Å². The molecule has 2 bridgehead atoms. The summed E-state index contributed by atoms with van der Waals surface area (Å²) >= 11 is 0. The fourth-order valence-electron chi connectivity index (χ4n) is 3.92. The van der Waals surface area contributed by atoms with Crippen LogP contribution in [0.2, 0.25) is 0 Å². The van der Waals surface area contributed by atoms with Crippen LogP contribution in [0.15, 0.2) is 0 Å². The first-order valence-electron chi connectivity index (χ1n) is 9.50. The summed E-state index contributed by atoms with van der Waals surface area (Å²) in [5, 5.41) is 14.1. The van der Waals surface area contributed by atoms with Crippen molar-refractivity contribution < 1.29 is 14.6 Å². The van der Waals surface area contributed by atoms with Crippen molar-refractivity contribution in [2.75, 3.05) is 6.54 Å². The van der Waals surface area contributed by atoms with Crippen LogP contribution in [0.25, 0.3) is 0 Å². The van der Waals surface area contributed by atoms with E-state index in [2.05, 4.69) is 19.2 Å². The minimum atomic E-state index is -0.684. The third-order valence-electron chi connectivity index (χ3n) is 5.76. The van der Waals surface area contributed by atoms with Gasteiger partial charge in [-0.15, -0.1) is 0 Å². The predicted molar refractivity (Wildman–Crippen MR) is 96.0 cm³/mol. The molecule has 2 aliphatic rings. The molecule has 2 N–H and O–H groups in total. The maximum atomic E-state index is 12.5. The Morgan fingerprint density at radius 2 is 1.79 bits per heavy atom. The number of fused-ring (bicyclic) bond motifs is 2. The lowest BCUT2D eigenvalue weighted by Crippen LogP contribution is -2.55. The van der Waals surface area contributed by atoms with Gasteiger partial charge in [0, 0.05) is 24.7 Å². The summed E-state index contributed by atoms with van der Waals surface area (Å²) < 4.78 is 5.58. The van der Waals surface area contributed by atoms with Crippen LogP contribution in [0, 0.1) is 5.92 Å². The standard InChI is InChI=1S/C19H36N2O3/c1-7-13(2)19(6,23)12-20-14-10-15-8-9-16(11-14)21(15)17(22)24-18(3,4)5/h13-16,20,23H,7-12H2,1-6H3. The van der Waals surface area contributed by atoms with Gasteiger partial charge in [-0.25, -0.2) is 4.79 Å². The molecule has 0 aromatic carbocycles. The molecule has 24 heavy (non-hydrogen) atoms. The topological polar surface area (TPSA) is 61.8 Å². The van der Waals surface area contributed by atoms with E-state index in [4.69, 9.17) is 4.74 Å². The van der Waals surface area contributed by atoms with Crippen LogP contribution in [-0.4, -0.2) is 52.0 Å². The lowest BCUT2D eigenvalue weighted by atomic mass is 9.88. The van der Waals surface area contributed by atoms with E-state index < -0.39 is 11.2 Å². The average molecular weight is 341 g/mol. The van der Waals surface area contributed by atoms with Crippen molar-refractivity contribution in [2.45, 2.75) is 103 Å². The molecule has 140 valence electrons. The number of amides is 1. The molecule has 0 aliphatic carbocycles. The third kappa shape index (κ3) is 4.63. The molecule has 0 radical (unpaired) electrons. The molecule has 2 heterocycles. The van der Waals surface area contributed by atoms with Crippen LogP contribution in [0.4, 0.5) is 4.79 Å². The number of carbonyl (C=O) groups excluding carboxylic acids is 1. The van der Waals surface area contributed by atoms with E-state index >= 15 is 0 Å². The first kappa shape index (κ1) is 19.5. The summed E-state index contributed by atoms with van der Waals surface area (Å²) in [7, 11) is 0. The second-order valence-electron chi connectivity index (χ2n) is 8.99. The molecule has 5 heteroatoms. The SMILES string of the molecule is CCC(C)C(C)(O)CNC1CC2CCC(C1)N2C(=O)OC(C)(C)C. The van der Waals surface area contributed by atoms with E-state index in [-0.39, 0.29) is 24.1 Å². The number of piperidine rings is 1. The van der Waals surface area contributed by atoms with E-state index in [1.165, 1.54) is 0 Å². The molecule has 2 saturated heterocycles. The summed E-state index contributed by atoms with van der Waals surface area (Å²) in [5.41, 5.74) is -1.13. The Labute approximate surface area is 147 Å². The number of rotatable bonds is 5. The highest BCUT2D eigenvalue weighted by Crippen LogP contribution is 2.37. The Hall–Kier alpha value is -0.810. The normalized spacial score (nSPS) is 30.8. The maximum Gasteiger partial charge on any atom is 0.410 e. The van der Waals surface area contributed by atoms with Gasteiger partial charge in [0.15, 0.2) is 0 Å². The van der Waals surface area contributed by atoms with Crippen molar-refractivity contribution in [1.82, 2.24) is 10.2 Å². The van der Waals surface area contributed by atoms with Gasteiger partial charge in [0.1, 0.15) is 5.60 Å². The molecular weight excluding hydrogens is 304 g/mol. The predicted octanol–water partition coefficient (Wildman–Crippen LogP) is 3.30. The Kier molecular flexibility index (Phi) is 5.86. The van der Waals surface area contributed by atoms with Gasteiger partial charge < -0.3 is 20.1 Å². The van der Waals surface area contributed by atoms with Crippen LogP contribution in [0.1, 0.15) is 73.6 Å². The zero-order chi connectivity index (χ0) is 18.1. The highest BCUT2D eigenvalue weighted by atomic mass is 16.6. The molecule has 2 aliphatic heterocycles. The van der Waals surface area contributed by atoms with E-state index in [1.807, 2.05) is 32.6 Å². The quantitative estimate of drug-likeness (QED) is 0.806. The summed E-state index contributed by atoms with van der Waals surface area (Å²) in [6, 6.07) is 0.908. The van der Waals surface area contributed by atoms with Crippen molar-refractivity contribution in [1.29, 1.82) is 0 Å². The summed E-state index contributed by atoms with van der Waals surface area (Å²) in [4.78, 5) is 14.4. The van der Waals surface area contributed by atoms with Crippen molar-refractivity contribution in [3.63, 3.8) is 0 Å². The van der Waals surface area contributed by atoms with Crippen molar-refractivity contribution in [2.24, 2.45) is 5.92 Å². The summed E-state index contributed by atoms with van der Waals surface area (Å²) in [5.74, 6) is 0.267. The lowest BCUT2D eigenvalue weighted by molar-refractivity contribution is -0.00811. The minimum Gasteiger partial charge on any atom is -0.444 e. The Morgan fingerprint density at radius 3 is 2.25 bits per heavy atom. The van der Waals surface area contributed by atoms with Crippen LogP contribution in [-0.2, 0) is 4.74 Å². The highest BCUT2D eigenvalue weighted by Gasteiger charge is 2.45. The fourth-order valence-corrected chi connectivity index (χ4v) is 3.92. The van der Waals surface area contributed by atoms with Crippen LogP contribution < -0.4 is 5.32 Å². The van der Waals surface area contributed by atoms with Crippen molar-refractivity contribution in [3.8, 4) is 0 Å². The molecule has 0 saturated carbocycles. The van der Waals surface area contributed by atoms with Gasteiger partial charge >= 0.3 is 6.09 Å². The van der Waals surface area contributed by atoms with Gasteiger partial charge in [0.25, 0.3) is 0 Å². The number of nitrogens with one attached hydrogen (secondary N) is 1. The van der Waals surface area contributed by atoms with Gasteiger partial charge in [-0.2, -0.15) is 0 Å². The number of ether oxygens (including phenoxy) is 1. The second kappa shape index (κ2) is 7.20. The Morgan fingerprint density at radius 1 is 1.25 bits per heavy atom. The molecule has 0 spiro atoms. The molecule has 2 rings (SSSR count). The van der Waals surface area contributed by atoms with Gasteiger partial charge in [-0.3, -0.25) is 0 Å². The molecule has 2 fully saturated rings. The zero-order valence-electron chi connectivity index (χ0n) is 16.3. The third-order valence-corrected chi connectivity index (χ3v) is 5.76. The number of carbonyl (C=O) groups is 1. The molecule has 5 nitrogen and oxygen atoms in total. The average Bonchev–Trinajstić information content (AvgIpc) is 2.74.